The highest BCUT2D eigenvalue weighted by molar-refractivity contribution is 6.04. The summed E-state index contributed by atoms with van der Waals surface area (Å²) in [6, 6.07) is 10.8. The predicted octanol–water partition coefficient (Wildman–Crippen LogP) is 4.95. The first kappa shape index (κ1) is 28.7. The number of methoxy groups -OCH3 is 2. The minimum absolute atomic E-state index is 0.0742. The summed E-state index contributed by atoms with van der Waals surface area (Å²) in [7, 11) is 3.16. The number of dihydropyridines is 1. The molecule has 9 nitrogen and oxygen atoms in total. The SMILES string of the molecule is CCOC(=O)C1=C(C)NC2=C(C(=O)C[C@H](c3ccc(OC)c(OC)c3)C2)[C@@H]1c1ccc(OC(C)=O)c(OCC)c1. The van der Waals surface area contributed by atoms with Crippen LogP contribution < -0.4 is 24.3 Å². The Labute approximate surface area is 234 Å². The van der Waals surface area contributed by atoms with Crippen molar-refractivity contribution in [3.8, 4) is 23.0 Å². The highest BCUT2D eigenvalue weighted by Gasteiger charge is 2.41. The first-order chi connectivity index (χ1) is 19.2. The molecule has 0 bridgehead atoms. The van der Waals surface area contributed by atoms with Gasteiger partial charge in [-0.2, -0.15) is 0 Å². The third kappa shape index (κ3) is 5.68. The maximum atomic E-state index is 13.9. The zero-order chi connectivity index (χ0) is 29.0. The number of hydrogen-bond acceptors (Lipinski definition) is 9. The van der Waals surface area contributed by atoms with E-state index in [-0.39, 0.29) is 30.5 Å². The van der Waals surface area contributed by atoms with Crippen molar-refractivity contribution in [2.45, 2.75) is 52.4 Å². The summed E-state index contributed by atoms with van der Waals surface area (Å²) >= 11 is 0. The molecule has 2 aromatic carbocycles. The minimum atomic E-state index is -0.681. The summed E-state index contributed by atoms with van der Waals surface area (Å²) in [5, 5.41) is 3.35. The fourth-order valence-corrected chi connectivity index (χ4v) is 5.41. The summed E-state index contributed by atoms with van der Waals surface area (Å²) in [5.41, 5.74) is 3.87. The number of rotatable bonds is 9. The average Bonchev–Trinajstić information content (AvgIpc) is 2.92. The third-order valence-corrected chi connectivity index (χ3v) is 7.06. The fraction of sp³-hybridized carbons (Fsp3) is 0.387. The Morgan fingerprint density at radius 3 is 2.23 bits per heavy atom. The number of nitrogens with one attached hydrogen (secondary N) is 1. The van der Waals surface area contributed by atoms with Gasteiger partial charge in [-0.05, 0) is 68.5 Å². The minimum Gasteiger partial charge on any atom is -0.493 e. The lowest BCUT2D eigenvalue weighted by Gasteiger charge is -2.37. The molecule has 0 spiro atoms. The van der Waals surface area contributed by atoms with Gasteiger partial charge in [0, 0.05) is 36.2 Å². The van der Waals surface area contributed by atoms with Crippen molar-refractivity contribution >= 4 is 17.7 Å². The monoisotopic (exact) mass is 549 g/mol. The van der Waals surface area contributed by atoms with Crippen LogP contribution in [0.25, 0.3) is 0 Å². The molecule has 0 aromatic heterocycles. The van der Waals surface area contributed by atoms with E-state index < -0.39 is 17.9 Å². The Hall–Kier alpha value is -4.27. The van der Waals surface area contributed by atoms with Gasteiger partial charge in [0.25, 0.3) is 0 Å². The van der Waals surface area contributed by atoms with Gasteiger partial charge in [-0.25, -0.2) is 4.79 Å². The summed E-state index contributed by atoms with van der Waals surface area (Å²) in [6.07, 6.45) is 0.815. The van der Waals surface area contributed by atoms with Gasteiger partial charge in [0.15, 0.2) is 28.8 Å². The van der Waals surface area contributed by atoms with E-state index in [1.54, 1.807) is 39.3 Å². The molecular weight excluding hydrogens is 514 g/mol. The number of esters is 2. The van der Waals surface area contributed by atoms with Crippen LogP contribution >= 0.6 is 0 Å². The van der Waals surface area contributed by atoms with E-state index in [9.17, 15) is 14.4 Å². The van der Waals surface area contributed by atoms with Gasteiger partial charge in [-0.1, -0.05) is 12.1 Å². The number of Topliss-reactive ketones (excluding diaryl/α,β-unsaturated/α-hetero) is 1. The second-order valence-corrected chi connectivity index (χ2v) is 9.58. The van der Waals surface area contributed by atoms with Crippen LogP contribution in [0.4, 0.5) is 0 Å². The highest BCUT2D eigenvalue weighted by atomic mass is 16.6. The first-order valence-corrected chi connectivity index (χ1v) is 13.3. The molecule has 0 unspecified atom stereocenters. The van der Waals surface area contributed by atoms with Crippen LogP contribution in [0.1, 0.15) is 63.5 Å². The Bertz CT molecular complexity index is 1390. The lowest BCUT2D eigenvalue weighted by molar-refractivity contribution is -0.139. The summed E-state index contributed by atoms with van der Waals surface area (Å²) in [5.74, 6) is -0.00142. The molecule has 1 heterocycles. The average molecular weight is 550 g/mol. The molecule has 4 rings (SSSR count). The smallest absolute Gasteiger partial charge is 0.336 e. The standard InChI is InChI=1S/C31H35NO8/c1-7-38-27-16-20(10-12-25(27)40-18(4)33)29-28(31(35)39-8-2)17(3)32-22-13-21(14-23(34)30(22)29)19-9-11-24(36-5)26(15-19)37-6/h9-12,15-16,21,29,32H,7-8,13-14H2,1-6H3/t21-,29-/m1/s1. The van der Waals surface area contributed by atoms with Gasteiger partial charge in [0.1, 0.15) is 0 Å². The van der Waals surface area contributed by atoms with Gasteiger partial charge in [0.2, 0.25) is 0 Å². The van der Waals surface area contributed by atoms with Crippen LogP contribution in [0.3, 0.4) is 0 Å². The van der Waals surface area contributed by atoms with Crippen molar-refractivity contribution < 1.29 is 38.1 Å². The third-order valence-electron chi connectivity index (χ3n) is 7.06. The Morgan fingerprint density at radius 2 is 1.57 bits per heavy atom. The summed E-state index contributed by atoms with van der Waals surface area (Å²) in [6.45, 7) is 7.22. The molecule has 0 saturated carbocycles. The van der Waals surface area contributed by atoms with Crippen molar-refractivity contribution in [3.05, 3.63) is 70.1 Å². The predicted molar refractivity (Wildman–Crippen MR) is 148 cm³/mol. The number of ketones is 1. The zero-order valence-electron chi connectivity index (χ0n) is 23.7. The molecule has 0 radical (unpaired) electrons. The molecular formula is C31H35NO8. The van der Waals surface area contributed by atoms with Gasteiger partial charge in [0.05, 0.1) is 33.0 Å². The van der Waals surface area contributed by atoms with E-state index >= 15 is 0 Å². The molecule has 0 amide bonds. The molecule has 2 aliphatic rings. The van der Waals surface area contributed by atoms with Crippen LogP contribution in [0.2, 0.25) is 0 Å². The van der Waals surface area contributed by atoms with E-state index in [4.69, 9.17) is 23.7 Å². The summed E-state index contributed by atoms with van der Waals surface area (Å²) < 4.78 is 27.4. The van der Waals surface area contributed by atoms with Gasteiger partial charge < -0.3 is 29.0 Å². The molecule has 212 valence electrons. The van der Waals surface area contributed by atoms with Gasteiger partial charge >= 0.3 is 11.9 Å². The van der Waals surface area contributed by atoms with Crippen molar-refractivity contribution in [1.82, 2.24) is 5.32 Å². The van der Waals surface area contributed by atoms with E-state index in [1.165, 1.54) is 6.92 Å². The fourth-order valence-electron chi connectivity index (χ4n) is 5.41. The van der Waals surface area contributed by atoms with Gasteiger partial charge in [-0.15, -0.1) is 0 Å². The number of allylic oxidation sites excluding steroid dienone is 3. The topological polar surface area (TPSA) is 109 Å². The maximum absolute atomic E-state index is 13.9. The molecule has 1 N–H and O–H groups in total. The maximum Gasteiger partial charge on any atom is 0.336 e. The normalized spacial score (nSPS) is 18.5. The molecule has 1 aliphatic carbocycles. The van der Waals surface area contributed by atoms with Crippen LogP contribution in [-0.2, 0) is 19.1 Å². The van der Waals surface area contributed by atoms with E-state index in [1.807, 2.05) is 32.0 Å². The van der Waals surface area contributed by atoms with Crippen molar-refractivity contribution in [2.75, 3.05) is 27.4 Å². The highest BCUT2D eigenvalue weighted by Crippen LogP contribution is 2.47. The molecule has 1 aliphatic heterocycles. The van der Waals surface area contributed by atoms with Crippen LogP contribution in [-0.4, -0.2) is 45.2 Å². The molecule has 0 saturated heterocycles. The molecule has 9 heteroatoms. The molecule has 40 heavy (non-hydrogen) atoms. The van der Waals surface area contributed by atoms with Crippen molar-refractivity contribution in [3.63, 3.8) is 0 Å². The molecule has 2 aromatic rings. The number of carbonyl (C=O) groups excluding carboxylic acids is 3. The number of hydrogen-bond donors (Lipinski definition) is 1. The molecule has 0 fully saturated rings. The lowest BCUT2D eigenvalue weighted by atomic mass is 9.71. The Morgan fingerprint density at radius 1 is 0.900 bits per heavy atom. The second kappa shape index (κ2) is 12.3. The van der Waals surface area contributed by atoms with E-state index in [0.29, 0.717) is 52.7 Å². The van der Waals surface area contributed by atoms with Crippen LogP contribution in [0.5, 0.6) is 23.0 Å². The largest absolute Gasteiger partial charge is 0.493 e. The number of carbonyl (C=O) groups is 3. The second-order valence-electron chi connectivity index (χ2n) is 9.58. The van der Waals surface area contributed by atoms with Crippen LogP contribution in [0.15, 0.2) is 58.9 Å². The summed E-state index contributed by atoms with van der Waals surface area (Å²) in [4.78, 5) is 38.8. The number of ether oxygens (including phenoxy) is 5. The first-order valence-electron chi connectivity index (χ1n) is 13.3. The van der Waals surface area contributed by atoms with E-state index in [2.05, 4.69) is 5.32 Å². The quantitative estimate of drug-likeness (QED) is 0.343. The lowest BCUT2D eigenvalue weighted by Crippen LogP contribution is -2.36. The number of benzene rings is 2. The Balaban J connectivity index is 1.81. The molecule has 2 atom stereocenters. The van der Waals surface area contributed by atoms with Crippen molar-refractivity contribution in [2.24, 2.45) is 0 Å². The zero-order valence-corrected chi connectivity index (χ0v) is 23.7. The van der Waals surface area contributed by atoms with Gasteiger partial charge in [-0.3, -0.25) is 9.59 Å². The van der Waals surface area contributed by atoms with Crippen molar-refractivity contribution in [1.29, 1.82) is 0 Å². The van der Waals surface area contributed by atoms with E-state index in [0.717, 1.165) is 11.3 Å². The Kier molecular flexibility index (Phi) is 8.82. The van der Waals surface area contributed by atoms with Crippen LogP contribution in [0, 0.1) is 0 Å².